The van der Waals surface area contributed by atoms with Crippen LogP contribution in [-0.4, -0.2) is 38.3 Å². The number of nitrogens with zero attached hydrogens (tertiary/aromatic N) is 5. The quantitative estimate of drug-likeness (QED) is 0.775. The fraction of sp³-hybridized carbons (Fsp3) is 0.350. The van der Waals surface area contributed by atoms with Gasteiger partial charge in [-0.3, -0.25) is 9.48 Å². The van der Waals surface area contributed by atoms with E-state index in [4.69, 9.17) is 5.10 Å². The molecule has 0 unspecified atom stereocenters. The molecule has 3 aromatic rings. The van der Waals surface area contributed by atoms with Crippen LogP contribution in [0.25, 0.3) is 11.5 Å². The molecule has 1 amide bonds. The van der Waals surface area contributed by atoms with Crippen molar-refractivity contribution in [3.8, 4) is 11.5 Å². The molecule has 1 saturated heterocycles. The third-order valence-corrected chi connectivity index (χ3v) is 5.41. The van der Waals surface area contributed by atoms with Gasteiger partial charge in [0.25, 0.3) is 0 Å². The highest BCUT2D eigenvalue weighted by atomic mass is 16.2. The molecule has 1 atom stereocenters. The minimum absolute atomic E-state index is 0.0631. The number of hydrogen-bond acceptors (Lipinski definition) is 4. The van der Waals surface area contributed by atoms with Crippen LogP contribution in [-0.2, 0) is 17.9 Å². The predicted molar refractivity (Wildman–Crippen MR) is 102 cm³/mol. The molecule has 1 fully saturated rings. The summed E-state index contributed by atoms with van der Waals surface area (Å²) in [5, 5.41) is 8.09. The molecule has 4 heterocycles. The van der Waals surface area contributed by atoms with Crippen LogP contribution in [0.4, 0.5) is 5.69 Å². The number of carbonyl (C=O) groups is 1. The summed E-state index contributed by atoms with van der Waals surface area (Å²) in [7, 11) is 0. The zero-order chi connectivity index (χ0) is 18.4. The Balaban J connectivity index is 1.43. The molecule has 138 valence electrons. The van der Waals surface area contributed by atoms with E-state index in [-0.39, 0.29) is 11.9 Å². The molecular formula is C20H22N6O. The monoisotopic (exact) mass is 362 g/mol. The molecule has 1 N–H and O–H groups in total. The lowest BCUT2D eigenvalue weighted by atomic mass is 10.2. The average molecular weight is 362 g/mol. The van der Waals surface area contributed by atoms with Gasteiger partial charge in [-0.25, -0.2) is 4.98 Å². The first kappa shape index (κ1) is 16.3. The van der Waals surface area contributed by atoms with Gasteiger partial charge in [0.15, 0.2) is 5.82 Å². The number of fused-ring (bicyclic) bond motifs is 1. The number of rotatable bonds is 3. The third-order valence-electron chi connectivity index (χ3n) is 5.41. The molecule has 7 heteroatoms. The molecule has 27 heavy (non-hydrogen) atoms. The van der Waals surface area contributed by atoms with Gasteiger partial charge in [-0.05, 0) is 25.1 Å². The van der Waals surface area contributed by atoms with E-state index in [1.807, 2.05) is 40.0 Å². The first-order valence-electron chi connectivity index (χ1n) is 9.37. The summed E-state index contributed by atoms with van der Waals surface area (Å²) in [6, 6.07) is 10.3. The number of amides is 1. The third kappa shape index (κ3) is 2.84. The Morgan fingerprint density at radius 3 is 2.89 bits per heavy atom. The SMILES string of the molecule is Cc1ccc(N2C[C@H](n3ccnc3-c3cc4n(n3)CCNC4)CC2=O)cc1. The van der Waals surface area contributed by atoms with E-state index in [2.05, 4.69) is 27.9 Å². The number of carbonyl (C=O) groups excluding carboxylic acids is 1. The first-order valence-corrected chi connectivity index (χ1v) is 9.37. The highest BCUT2D eigenvalue weighted by molar-refractivity contribution is 5.96. The molecule has 2 aromatic heterocycles. The zero-order valence-corrected chi connectivity index (χ0v) is 15.3. The van der Waals surface area contributed by atoms with Crippen LogP contribution in [0.15, 0.2) is 42.7 Å². The molecule has 0 radical (unpaired) electrons. The number of benzene rings is 1. The van der Waals surface area contributed by atoms with Crippen LogP contribution >= 0.6 is 0 Å². The van der Waals surface area contributed by atoms with Crippen LogP contribution in [0, 0.1) is 6.92 Å². The second-order valence-electron chi connectivity index (χ2n) is 7.28. The molecule has 1 aromatic carbocycles. The van der Waals surface area contributed by atoms with E-state index in [9.17, 15) is 4.79 Å². The van der Waals surface area contributed by atoms with E-state index in [1.54, 1.807) is 6.20 Å². The molecule has 7 nitrogen and oxygen atoms in total. The van der Waals surface area contributed by atoms with Crippen molar-refractivity contribution in [2.24, 2.45) is 0 Å². The van der Waals surface area contributed by atoms with Crippen molar-refractivity contribution in [2.75, 3.05) is 18.0 Å². The Labute approximate surface area is 157 Å². The molecule has 2 aliphatic heterocycles. The second kappa shape index (κ2) is 6.35. The van der Waals surface area contributed by atoms with Gasteiger partial charge in [-0.1, -0.05) is 17.7 Å². The van der Waals surface area contributed by atoms with E-state index in [0.717, 1.165) is 36.8 Å². The van der Waals surface area contributed by atoms with Gasteiger partial charge in [-0.2, -0.15) is 5.10 Å². The minimum Gasteiger partial charge on any atom is -0.324 e. The lowest BCUT2D eigenvalue weighted by molar-refractivity contribution is -0.117. The van der Waals surface area contributed by atoms with Crippen molar-refractivity contribution in [3.05, 3.63) is 54.0 Å². The number of hydrogen-bond donors (Lipinski definition) is 1. The lowest BCUT2D eigenvalue weighted by Gasteiger charge is -2.18. The molecule has 5 rings (SSSR count). The summed E-state index contributed by atoms with van der Waals surface area (Å²) in [4.78, 5) is 19.1. The van der Waals surface area contributed by atoms with Crippen LogP contribution in [0.2, 0.25) is 0 Å². The highest BCUT2D eigenvalue weighted by Crippen LogP contribution is 2.31. The molecule has 0 spiro atoms. The first-order chi connectivity index (χ1) is 13.2. The zero-order valence-electron chi connectivity index (χ0n) is 15.3. The van der Waals surface area contributed by atoms with Crippen LogP contribution in [0.1, 0.15) is 23.7 Å². The molecular weight excluding hydrogens is 340 g/mol. The molecule has 0 saturated carbocycles. The summed E-state index contributed by atoms with van der Waals surface area (Å²) in [5.74, 6) is 0.984. The Kier molecular flexibility index (Phi) is 3.82. The maximum absolute atomic E-state index is 12.6. The molecule has 0 aliphatic carbocycles. The highest BCUT2D eigenvalue weighted by Gasteiger charge is 2.33. The maximum Gasteiger partial charge on any atom is 0.229 e. The van der Waals surface area contributed by atoms with Crippen molar-refractivity contribution in [1.82, 2.24) is 24.6 Å². The Morgan fingerprint density at radius 1 is 1.22 bits per heavy atom. The number of aryl methyl sites for hydroxylation is 1. The maximum atomic E-state index is 12.6. The van der Waals surface area contributed by atoms with E-state index in [1.165, 1.54) is 11.3 Å². The average Bonchev–Trinajstić information content (AvgIpc) is 3.39. The summed E-state index contributed by atoms with van der Waals surface area (Å²) >= 11 is 0. The number of nitrogens with one attached hydrogen (secondary N) is 1. The molecule has 0 bridgehead atoms. The van der Waals surface area contributed by atoms with Gasteiger partial charge in [0, 0.05) is 44.1 Å². The van der Waals surface area contributed by atoms with Crippen molar-refractivity contribution < 1.29 is 4.79 Å². The second-order valence-corrected chi connectivity index (χ2v) is 7.28. The Hall–Kier alpha value is -2.93. The smallest absolute Gasteiger partial charge is 0.229 e. The van der Waals surface area contributed by atoms with Gasteiger partial charge >= 0.3 is 0 Å². The normalized spacial score (nSPS) is 19.5. The van der Waals surface area contributed by atoms with Gasteiger partial charge in [-0.15, -0.1) is 0 Å². The van der Waals surface area contributed by atoms with Crippen molar-refractivity contribution in [2.45, 2.75) is 32.5 Å². The van der Waals surface area contributed by atoms with Crippen molar-refractivity contribution in [1.29, 1.82) is 0 Å². The van der Waals surface area contributed by atoms with Gasteiger partial charge in [0.1, 0.15) is 5.69 Å². The number of imidazole rings is 1. The summed E-state index contributed by atoms with van der Waals surface area (Å²) < 4.78 is 4.15. The summed E-state index contributed by atoms with van der Waals surface area (Å²) in [5.41, 5.74) is 4.20. The largest absolute Gasteiger partial charge is 0.324 e. The van der Waals surface area contributed by atoms with E-state index in [0.29, 0.717) is 13.0 Å². The predicted octanol–water partition coefficient (Wildman–Crippen LogP) is 2.14. The minimum atomic E-state index is 0.0631. The summed E-state index contributed by atoms with van der Waals surface area (Å²) in [6.45, 7) is 5.34. The van der Waals surface area contributed by atoms with Crippen LogP contribution < -0.4 is 10.2 Å². The topological polar surface area (TPSA) is 68.0 Å². The van der Waals surface area contributed by atoms with Crippen molar-refractivity contribution >= 4 is 11.6 Å². The summed E-state index contributed by atoms with van der Waals surface area (Å²) in [6.07, 6.45) is 4.24. The van der Waals surface area contributed by atoms with E-state index < -0.39 is 0 Å². The Morgan fingerprint density at radius 2 is 2.07 bits per heavy atom. The van der Waals surface area contributed by atoms with Crippen LogP contribution in [0.3, 0.4) is 0 Å². The Bertz CT molecular complexity index is 963. The standard InChI is InChI=1S/C20H22N6O/c1-14-2-4-15(5-3-14)25-13-17(11-19(25)27)24-8-7-22-20(24)18-10-16-12-21-6-9-26(16)23-18/h2-5,7-8,10,17,21H,6,9,11-13H2,1H3/t17-/m1/s1. The van der Waals surface area contributed by atoms with Gasteiger partial charge in [0.05, 0.1) is 18.3 Å². The molecule has 2 aliphatic rings. The van der Waals surface area contributed by atoms with Crippen molar-refractivity contribution in [3.63, 3.8) is 0 Å². The fourth-order valence-corrected chi connectivity index (χ4v) is 3.96. The number of aromatic nitrogens is 4. The van der Waals surface area contributed by atoms with Gasteiger partial charge in [0.2, 0.25) is 5.91 Å². The number of anilines is 1. The van der Waals surface area contributed by atoms with Gasteiger partial charge < -0.3 is 14.8 Å². The fourth-order valence-electron chi connectivity index (χ4n) is 3.96. The lowest BCUT2D eigenvalue weighted by Crippen LogP contribution is -2.28. The van der Waals surface area contributed by atoms with Crippen LogP contribution in [0.5, 0.6) is 0 Å². The van der Waals surface area contributed by atoms with E-state index >= 15 is 0 Å².